The SMILES string of the molecule is COCC(CC(=O)O)(OC[C@H]1O[C@@H](C2C(C)C=C3C(=NC4CCCC4)N=C(Cl)NN32)[C@H](O)[C@@H]1O)P(=O)(O)O. The molecule has 4 aliphatic rings. The number of hydrazine groups is 1. The number of halogens is 1. The maximum absolute atomic E-state index is 12.2. The minimum absolute atomic E-state index is 0.0885. The summed E-state index contributed by atoms with van der Waals surface area (Å²) in [5.41, 5.74) is 3.64. The number of aliphatic hydroxyl groups excluding tert-OH is 2. The lowest BCUT2D eigenvalue weighted by Gasteiger charge is -2.38. The predicted molar refractivity (Wildman–Crippen MR) is 135 cm³/mol. The number of carbonyl (C=O) groups is 1. The number of aliphatic hydroxyl groups is 2. The van der Waals surface area contributed by atoms with Gasteiger partial charge in [0.15, 0.2) is 5.84 Å². The van der Waals surface area contributed by atoms with Crippen LogP contribution in [-0.2, 0) is 23.6 Å². The van der Waals surface area contributed by atoms with Crippen molar-refractivity contribution in [3.8, 4) is 0 Å². The van der Waals surface area contributed by atoms with Crippen molar-refractivity contribution >= 4 is 36.3 Å². The number of hydrogen-bond acceptors (Lipinski definition) is 10. The topological polar surface area (TPSA) is 203 Å². The van der Waals surface area contributed by atoms with Crippen molar-refractivity contribution in [3.63, 3.8) is 0 Å². The summed E-state index contributed by atoms with van der Waals surface area (Å²) in [6, 6.07) is -0.403. The summed E-state index contributed by atoms with van der Waals surface area (Å²) < 4.78 is 28.5. The van der Waals surface area contributed by atoms with Gasteiger partial charge in [-0.15, -0.1) is 0 Å². The Balaban J connectivity index is 1.52. The van der Waals surface area contributed by atoms with E-state index in [1.165, 1.54) is 0 Å². The molecule has 0 amide bonds. The summed E-state index contributed by atoms with van der Waals surface area (Å²) in [6.07, 6.45) is -0.0695. The molecule has 1 saturated carbocycles. The minimum Gasteiger partial charge on any atom is -0.481 e. The third-order valence-corrected chi connectivity index (χ3v) is 9.02. The van der Waals surface area contributed by atoms with E-state index in [1.807, 2.05) is 13.0 Å². The molecule has 0 aromatic heterocycles. The number of carboxylic acid groups (broad SMARTS) is 1. The molecule has 0 aromatic rings. The fourth-order valence-corrected chi connectivity index (χ4v) is 6.53. The van der Waals surface area contributed by atoms with E-state index in [4.69, 9.17) is 30.8 Å². The van der Waals surface area contributed by atoms with Gasteiger partial charge in [-0.2, -0.15) is 4.99 Å². The smallest absolute Gasteiger partial charge is 0.360 e. The number of aliphatic imine (C=N–C) groups is 2. The van der Waals surface area contributed by atoms with Crippen LogP contribution in [0.25, 0.3) is 0 Å². The number of ether oxygens (including phenoxy) is 3. The average molecular weight is 581 g/mol. The van der Waals surface area contributed by atoms with Crippen LogP contribution in [-0.4, -0.2) is 109 Å². The van der Waals surface area contributed by atoms with E-state index < -0.39 is 69.0 Å². The molecule has 3 aliphatic heterocycles. The van der Waals surface area contributed by atoms with Crippen LogP contribution in [0.5, 0.6) is 0 Å². The number of amidine groups is 2. The standard InChI is InChI=1S/C22H34ClN4O10P/c1-11-7-13-20(24-12-5-3-4-6-12)25-21(23)26-27(13)16(11)19-18(31)17(30)14(37-19)9-36-22(10-35-2,8-15(28)29)38(32,33)34/h7,11-12,14,16-19,30-31H,3-6,8-10H2,1-2H3,(H,28,29)(H,24,25,26)(H2,32,33,34)/t11?,14-,16?,17-,18-,19+,22?/m1/s1. The summed E-state index contributed by atoms with van der Waals surface area (Å²) in [7, 11) is -4.01. The zero-order valence-electron chi connectivity index (χ0n) is 21.0. The molecule has 1 aliphatic carbocycles. The van der Waals surface area contributed by atoms with Crippen LogP contribution < -0.4 is 5.43 Å². The van der Waals surface area contributed by atoms with Gasteiger partial charge in [0.25, 0.3) is 0 Å². The fourth-order valence-electron chi connectivity index (χ4n) is 5.47. The Morgan fingerprint density at radius 3 is 2.63 bits per heavy atom. The summed E-state index contributed by atoms with van der Waals surface area (Å²) in [5, 5.41) is 30.2. The van der Waals surface area contributed by atoms with E-state index in [9.17, 15) is 34.5 Å². The molecular weight excluding hydrogens is 547 g/mol. The van der Waals surface area contributed by atoms with Gasteiger partial charge in [0.05, 0.1) is 37.4 Å². The quantitative estimate of drug-likeness (QED) is 0.151. The minimum atomic E-state index is -5.16. The lowest BCUT2D eigenvalue weighted by atomic mass is 9.94. The second kappa shape index (κ2) is 11.5. The maximum atomic E-state index is 12.2. The Hall–Kier alpha value is -1.61. The van der Waals surface area contributed by atoms with Crippen LogP contribution >= 0.6 is 19.2 Å². The lowest BCUT2D eigenvalue weighted by molar-refractivity contribution is -0.149. The molecule has 214 valence electrons. The summed E-state index contributed by atoms with van der Waals surface area (Å²) in [5.74, 6) is -1.24. The Labute approximate surface area is 224 Å². The van der Waals surface area contributed by atoms with Crippen molar-refractivity contribution in [2.24, 2.45) is 15.9 Å². The van der Waals surface area contributed by atoms with E-state index in [0.29, 0.717) is 11.5 Å². The molecule has 3 heterocycles. The normalized spacial score (nSPS) is 34.6. The van der Waals surface area contributed by atoms with Gasteiger partial charge in [-0.25, -0.2) is 0 Å². The molecule has 0 bridgehead atoms. The summed E-state index contributed by atoms with van der Waals surface area (Å²) in [4.78, 5) is 40.2. The largest absolute Gasteiger partial charge is 0.481 e. The average Bonchev–Trinajstić information content (AvgIpc) is 3.51. The lowest BCUT2D eigenvalue weighted by Crippen LogP contribution is -2.56. The predicted octanol–water partition coefficient (Wildman–Crippen LogP) is 0.146. The molecule has 0 aromatic carbocycles. The highest BCUT2D eigenvalue weighted by Crippen LogP contribution is 2.54. The van der Waals surface area contributed by atoms with E-state index in [1.54, 1.807) is 5.01 Å². The third-order valence-electron chi connectivity index (χ3n) is 7.37. The van der Waals surface area contributed by atoms with Crippen LogP contribution in [0.1, 0.15) is 39.0 Å². The first-order chi connectivity index (χ1) is 17.9. The summed E-state index contributed by atoms with van der Waals surface area (Å²) in [6.45, 7) is 0.571. The molecule has 7 atom stereocenters. The van der Waals surface area contributed by atoms with Gasteiger partial charge < -0.3 is 39.3 Å². The molecule has 4 rings (SSSR count). The van der Waals surface area contributed by atoms with Gasteiger partial charge in [-0.3, -0.25) is 24.8 Å². The van der Waals surface area contributed by atoms with Gasteiger partial charge in [0.1, 0.15) is 24.4 Å². The van der Waals surface area contributed by atoms with Crippen molar-refractivity contribution in [1.82, 2.24) is 10.4 Å². The van der Waals surface area contributed by atoms with Crippen molar-refractivity contribution in [1.29, 1.82) is 0 Å². The van der Waals surface area contributed by atoms with Crippen LogP contribution in [0.3, 0.4) is 0 Å². The number of nitrogens with zero attached hydrogens (tertiary/aromatic N) is 3. The zero-order valence-corrected chi connectivity index (χ0v) is 22.7. The number of nitrogens with one attached hydrogen (secondary N) is 1. The van der Waals surface area contributed by atoms with Crippen molar-refractivity contribution in [2.75, 3.05) is 20.3 Å². The number of methoxy groups -OCH3 is 1. The number of carboxylic acids is 1. The first kappa shape index (κ1) is 29.4. The van der Waals surface area contributed by atoms with Crippen molar-refractivity contribution in [2.45, 2.75) is 80.9 Å². The first-order valence-electron chi connectivity index (χ1n) is 12.4. The molecule has 2 fully saturated rings. The van der Waals surface area contributed by atoms with Crippen LogP contribution in [0.2, 0.25) is 0 Å². The number of hydrogen-bond donors (Lipinski definition) is 6. The number of fused-ring (bicyclic) bond motifs is 1. The highest BCUT2D eigenvalue weighted by atomic mass is 35.5. The molecule has 0 radical (unpaired) electrons. The molecular formula is C22H34ClN4O10P. The van der Waals surface area contributed by atoms with Crippen LogP contribution in [0.4, 0.5) is 0 Å². The third kappa shape index (κ3) is 5.79. The summed E-state index contributed by atoms with van der Waals surface area (Å²) >= 11 is 6.27. The number of rotatable bonds is 10. The molecule has 16 heteroatoms. The van der Waals surface area contributed by atoms with Crippen molar-refractivity contribution in [3.05, 3.63) is 11.8 Å². The zero-order chi connectivity index (χ0) is 27.8. The Bertz CT molecular complexity index is 1050. The molecule has 6 N–H and O–H groups in total. The molecule has 14 nitrogen and oxygen atoms in total. The van der Waals surface area contributed by atoms with Gasteiger partial charge in [-0.1, -0.05) is 25.8 Å². The van der Waals surface area contributed by atoms with Gasteiger partial charge in [0, 0.05) is 13.0 Å². The number of aliphatic carboxylic acids is 1. The van der Waals surface area contributed by atoms with E-state index >= 15 is 0 Å². The van der Waals surface area contributed by atoms with Gasteiger partial charge >= 0.3 is 13.6 Å². The Morgan fingerprint density at radius 2 is 2.03 bits per heavy atom. The fraction of sp³-hybridized carbons (Fsp3) is 0.773. The first-order valence-corrected chi connectivity index (χ1v) is 14.4. The Kier molecular flexibility index (Phi) is 8.87. The highest BCUT2D eigenvalue weighted by Gasteiger charge is 2.55. The molecule has 3 unspecified atom stereocenters. The van der Waals surface area contributed by atoms with E-state index in [0.717, 1.165) is 32.8 Å². The van der Waals surface area contributed by atoms with E-state index in [-0.39, 0.29) is 17.3 Å². The van der Waals surface area contributed by atoms with Gasteiger partial charge in [0.2, 0.25) is 10.6 Å². The molecule has 38 heavy (non-hydrogen) atoms. The molecule has 1 saturated heterocycles. The highest BCUT2D eigenvalue weighted by molar-refractivity contribution is 7.53. The van der Waals surface area contributed by atoms with Crippen LogP contribution in [0.15, 0.2) is 21.8 Å². The van der Waals surface area contributed by atoms with Crippen molar-refractivity contribution < 1.29 is 48.7 Å². The Morgan fingerprint density at radius 1 is 1.34 bits per heavy atom. The van der Waals surface area contributed by atoms with Crippen LogP contribution in [0, 0.1) is 5.92 Å². The second-order valence-electron chi connectivity index (χ2n) is 10.1. The van der Waals surface area contributed by atoms with Gasteiger partial charge in [-0.05, 0) is 24.4 Å². The maximum Gasteiger partial charge on any atom is 0.360 e. The molecule has 0 spiro atoms. The van der Waals surface area contributed by atoms with E-state index in [2.05, 4.69) is 10.4 Å². The second-order valence-corrected chi connectivity index (χ2v) is 12.4. The monoisotopic (exact) mass is 580 g/mol.